The summed E-state index contributed by atoms with van der Waals surface area (Å²) in [5.41, 5.74) is 6.67. The van der Waals surface area contributed by atoms with Crippen LogP contribution in [0.15, 0.2) is 15.5 Å². The second kappa shape index (κ2) is 6.48. The summed E-state index contributed by atoms with van der Waals surface area (Å²) in [6.45, 7) is 2.25. The highest BCUT2D eigenvalue weighted by atomic mass is 79.9. The van der Waals surface area contributed by atoms with E-state index < -0.39 is 0 Å². The maximum atomic E-state index is 12.8. The van der Waals surface area contributed by atoms with E-state index >= 15 is 0 Å². The summed E-state index contributed by atoms with van der Waals surface area (Å²) < 4.78 is 2.43. The molecule has 0 aromatic carbocycles. The van der Waals surface area contributed by atoms with Crippen LogP contribution in [-0.2, 0) is 6.54 Å². The molecule has 1 atom stereocenters. The van der Waals surface area contributed by atoms with Crippen molar-refractivity contribution in [3.63, 3.8) is 0 Å². The van der Waals surface area contributed by atoms with Gasteiger partial charge in [-0.1, -0.05) is 6.42 Å². The van der Waals surface area contributed by atoms with E-state index in [4.69, 9.17) is 5.73 Å². The van der Waals surface area contributed by atoms with Gasteiger partial charge in [0.15, 0.2) is 0 Å². The number of rotatable bonds is 4. The van der Waals surface area contributed by atoms with Crippen molar-refractivity contribution in [3.05, 3.63) is 21.0 Å². The highest BCUT2D eigenvalue weighted by molar-refractivity contribution is 9.10. The highest BCUT2D eigenvalue weighted by Crippen LogP contribution is 2.29. The Labute approximate surface area is 133 Å². The molecule has 2 heterocycles. The third-order valence-electron chi connectivity index (χ3n) is 4.82. The average molecular weight is 355 g/mol. The molecule has 3 rings (SSSR count). The SMILES string of the molecule is NCC1CCCCN1c1c(Br)cnn(CC2CCC2)c1=O. The van der Waals surface area contributed by atoms with Gasteiger partial charge >= 0.3 is 0 Å². The van der Waals surface area contributed by atoms with E-state index in [1.807, 2.05) is 0 Å². The van der Waals surface area contributed by atoms with Crippen molar-refractivity contribution in [3.8, 4) is 0 Å². The lowest BCUT2D eigenvalue weighted by atomic mass is 9.85. The van der Waals surface area contributed by atoms with Gasteiger partial charge in [0.1, 0.15) is 5.69 Å². The molecule has 0 radical (unpaired) electrons. The largest absolute Gasteiger partial charge is 0.362 e. The van der Waals surface area contributed by atoms with Gasteiger partial charge in [0.2, 0.25) is 0 Å². The van der Waals surface area contributed by atoms with Gasteiger partial charge in [0.05, 0.1) is 10.7 Å². The first-order chi connectivity index (χ1) is 10.2. The molecule has 1 aromatic heterocycles. The second-order valence-corrected chi connectivity index (χ2v) is 7.06. The number of halogens is 1. The predicted molar refractivity (Wildman–Crippen MR) is 87.6 cm³/mol. The van der Waals surface area contributed by atoms with Crippen LogP contribution in [0.4, 0.5) is 5.69 Å². The molecular formula is C15H23BrN4O. The van der Waals surface area contributed by atoms with Crippen LogP contribution >= 0.6 is 15.9 Å². The summed E-state index contributed by atoms with van der Waals surface area (Å²) >= 11 is 3.51. The Morgan fingerprint density at radius 2 is 2.10 bits per heavy atom. The van der Waals surface area contributed by atoms with Crippen LogP contribution in [0.1, 0.15) is 38.5 Å². The van der Waals surface area contributed by atoms with Gasteiger partial charge in [0.25, 0.3) is 5.56 Å². The van der Waals surface area contributed by atoms with Crippen LogP contribution in [-0.4, -0.2) is 28.9 Å². The number of hydrogen-bond donors (Lipinski definition) is 1. The first-order valence-electron chi connectivity index (χ1n) is 7.93. The molecular weight excluding hydrogens is 332 g/mol. The Morgan fingerprint density at radius 1 is 1.29 bits per heavy atom. The normalized spacial score (nSPS) is 23.1. The van der Waals surface area contributed by atoms with Gasteiger partial charge in [-0.15, -0.1) is 0 Å². The Bertz CT molecular complexity index is 555. The predicted octanol–water partition coefficient (Wildman–Crippen LogP) is 2.12. The number of nitrogens with two attached hydrogens (primary N) is 1. The van der Waals surface area contributed by atoms with Crippen LogP contribution < -0.4 is 16.2 Å². The zero-order valence-electron chi connectivity index (χ0n) is 12.3. The van der Waals surface area contributed by atoms with Gasteiger partial charge < -0.3 is 10.6 Å². The number of aromatic nitrogens is 2. The molecule has 1 aromatic rings. The van der Waals surface area contributed by atoms with Crippen molar-refractivity contribution in [2.75, 3.05) is 18.0 Å². The standard InChI is InChI=1S/C15H23BrN4O/c16-13-9-18-20(10-11-4-3-5-11)15(21)14(13)19-7-2-1-6-12(19)8-17/h9,11-12H,1-8,10,17H2. The monoisotopic (exact) mass is 354 g/mol. The molecule has 1 saturated heterocycles. The molecule has 1 aliphatic heterocycles. The molecule has 6 heteroatoms. The maximum Gasteiger partial charge on any atom is 0.291 e. The summed E-state index contributed by atoms with van der Waals surface area (Å²) in [4.78, 5) is 15.0. The summed E-state index contributed by atoms with van der Waals surface area (Å²) in [5, 5.41) is 4.31. The second-order valence-electron chi connectivity index (χ2n) is 6.20. The Balaban J connectivity index is 1.92. The molecule has 2 aliphatic rings. The van der Waals surface area contributed by atoms with E-state index in [-0.39, 0.29) is 11.6 Å². The van der Waals surface area contributed by atoms with Crippen molar-refractivity contribution < 1.29 is 0 Å². The molecule has 2 fully saturated rings. The lowest BCUT2D eigenvalue weighted by Crippen LogP contribution is -2.47. The van der Waals surface area contributed by atoms with Crippen molar-refractivity contribution in [1.82, 2.24) is 9.78 Å². The molecule has 116 valence electrons. The van der Waals surface area contributed by atoms with Crippen molar-refractivity contribution in [2.24, 2.45) is 11.7 Å². The van der Waals surface area contributed by atoms with Crippen LogP contribution in [0.3, 0.4) is 0 Å². The number of piperidine rings is 1. The topological polar surface area (TPSA) is 64.2 Å². The van der Waals surface area contributed by atoms with Crippen LogP contribution in [0.2, 0.25) is 0 Å². The molecule has 1 aliphatic carbocycles. The van der Waals surface area contributed by atoms with Crippen molar-refractivity contribution in [1.29, 1.82) is 0 Å². The maximum absolute atomic E-state index is 12.8. The summed E-state index contributed by atoms with van der Waals surface area (Å²) in [6.07, 6.45) is 8.85. The summed E-state index contributed by atoms with van der Waals surface area (Å²) in [6, 6.07) is 0.266. The van der Waals surface area contributed by atoms with Crippen molar-refractivity contribution >= 4 is 21.6 Å². The van der Waals surface area contributed by atoms with E-state index in [0.29, 0.717) is 12.5 Å². The van der Waals surface area contributed by atoms with E-state index in [9.17, 15) is 4.79 Å². The first kappa shape index (κ1) is 15.0. The molecule has 1 saturated carbocycles. The van der Waals surface area contributed by atoms with Crippen molar-refractivity contribution in [2.45, 2.75) is 51.1 Å². The lowest BCUT2D eigenvalue weighted by molar-refractivity contribution is 0.261. The fourth-order valence-electron chi connectivity index (χ4n) is 3.31. The van der Waals surface area contributed by atoms with E-state index in [1.165, 1.54) is 25.7 Å². The Kier molecular flexibility index (Phi) is 4.64. The van der Waals surface area contributed by atoms with Crippen LogP contribution in [0, 0.1) is 5.92 Å². The van der Waals surface area contributed by atoms with E-state index in [1.54, 1.807) is 10.9 Å². The van der Waals surface area contributed by atoms with E-state index in [2.05, 4.69) is 25.9 Å². The molecule has 1 unspecified atom stereocenters. The molecule has 2 N–H and O–H groups in total. The van der Waals surface area contributed by atoms with Gasteiger partial charge in [-0.3, -0.25) is 4.79 Å². The minimum Gasteiger partial charge on any atom is -0.362 e. The third kappa shape index (κ3) is 3.01. The minimum atomic E-state index is 0.0247. The van der Waals surface area contributed by atoms with Crippen LogP contribution in [0.25, 0.3) is 0 Å². The number of anilines is 1. The number of hydrogen-bond acceptors (Lipinski definition) is 4. The first-order valence-corrected chi connectivity index (χ1v) is 8.72. The summed E-state index contributed by atoms with van der Waals surface area (Å²) in [5.74, 6) is 0.621. The average Bonchev–Trinajstić information content (AvgIpc) is 2.45. The highest BCUT2D eigenvalue weighted by Gasteiger charge is 2.27. The smallest absolute Gasteiger partial charge is 0.291 e. The van der Waals surface area contributed by atoms with Crippen LogP contribution in [0.5, 0.6) is 0 Å². The third-order valence-corrected chi connectivity index (χ3v) is 5.40. The Hall–Kier alpha value is -0.880. The molecule has 0 spiro atoms. The zero-order chi connectivity index (χ0) is 14.8. The Morgan fingerprint density at radius 3 is 2.76 bits per heavy atom. The molecule has 5 nitrogen and oxygen atoms in total. The minimum absolute atomic E-state index is 0.0247. The van der Waals surface area contributed by atoms with Gasteiger partial charge in [0, 0.05) is 25.7 Å². The molecule has 21 heavy (non-hydrogen) atoms. The quantitative estimate of drug-likeness (QED) is 0.899. The van der Waals surface area contributed by atoms with E-state index in [0.717, 1.165) is 36.1 Å². The lowest BCUT2D eigenvalue weighted by Gasteiger charge is -2.37. The van der Waals surface area contributed by atoms with Gasteiger partial charge in [-0.05, 0) is 54.0 Å². The number of nitrogens with zero attached hydrogens (tertiary/aromatic N) is 3. The van der Waals surface area contributed by atoms with Gasteiger partial charge in [-0.25, -0.2) is 4.68 Å². The van der Waals surface area contributed by atoms with Gasteiger partial charge in [-0.2, -0.15) is 5.10 Å². The zero-order valence-corrected chi connectivity index (χ0v) is 13.9. The molecule has 0 bridgehead atoms. The fraction of sp³-hybridized carbons (Fsp3) is 0.733. The molecule has 0 amide bonds. The fourth-order valence-corrected chi connectivity index (χ4v) is 3.80. The summed E-state index contributed by atoms with van der Waals surface area (Å²) in [7, 11) is 0.